The van der Waals surface area contributed by atoms with Gasteiger partial charge in [-0.1, -0.05) is 6.92 Å². The molecule has 2 rings (SSSR count). The van der Waals surface area contributed by atoms with E-state index in [-0.39, 0.29) is 11.6 Å². The van der Waals surface area contributed by atoms with Crippen LogP contribution in [0.25, 0.3) is 0 Å². The van der Waals surface area contributed by atoms with Crippen LogP contribution < -0.4 is 4.90 Å². The molecule has 2 unspecified atom stereocenters. The molecular weight excluding hydrogens is 262 g/mol. The maximum atomic E-state index is 11.5. The van der Waals surface area contributed by atoms with Crippen LogP contribution in [0, 0.1) is 23.0 Å². The molecule has 2 atom stereocenters. The van der Waals surface area contributed by atoms with E-state index in [4.69, 9.17) is 0 Å². The van der Waals surface area contributed by atoms with E-state index in [2.05, 4.69) is 4.98 Å². The van der Waals surface area contributed by atoms with Gasteiger partial charge in [0.1, 0.15) is 18.1 Å². The second-order valence-electron chi connectivity index (χ2n) is 5.19. The summed E-state index contributed by atoms with van der Waals surface area (Å²) in [6, 6.07) is 0.803. The monoisotopic (exact) mass is 279 g/mol. The summed E-state index contributed by atoms with van der Waals surface area (Å²) < 4.78 is 0. The third-order valence-electron chi connectivity index (χ3n) is 3.71. The number of rotatable bonds is 3. The van der Waals surface area contributed by atoms with E-state index >= 15 is 0 Å². The average molecular weight is 279 g/mol. The van der Waals surface area contributed by atoms with Crippen molar-refractivity contribution >= 4 is 17.5 Å². The van der Waals surface area contributed by atoms with Gasteiger partial charge in [0.2, 0.25) is 0 Å². The number of nitrogens with zero attached hydrogens (tertiary/aromatic N) is 3. The number of aliphatic carboxylic acids is 1. The van der Waals surface area contributed by atoms with Crippen LogP contribution in [0.3, 0.4) is 0 Å². The summed E-state index contributed by atoms with van der Waals surface area (Å²) in [7, 11) is 0. The fourth-order valence-corrected chi connectivity index (χ4v) is 2.76. The van der Waals surface area contributed by atoms with Crippen LogP contribution in [0.1, 0.15) is 25.3 Å². The predicted molar refractivity (Wildman–Crippen MR) is 72.8 cm³/mol. The lowest BCUT2D eigenvalue weighted by molar-refractivity contribution is -0.385. The highest BCUT2D eigenvalue weighted by Crippen LogP contribution is 2.30. The highest BCUT2D eigenvalue weighted by Gasteiger charge is 2.35. The number of aryl methyl sites for hydroxylation is 1. The van der Waals surface area contributed by atoms with Crippen LogP contribution >= 0.6 is 0 Å². The van der Waals surface area contributed by atoms with Gasteiger partial charge in [0.25, 0.3) is 5.69 Å². The number of hydrogen-bond donors (Lipinski definition) is 1. The van der Waals surface area contributed by atoms with Crippen LogP contribution in [0.2, 0.25) is 0 Å². The molecule has 7 heteroatoms. The molecule has 0 aliphatic carbocycles. The molecule has 1 aromatic heterocycles. The maximum absolute atomic E-state index is 11.5. The van der Waals surface area contributed by atoms with Gasteiger partial charge in [0, 0.05) is 12.6 Å². The van der Waals surface area contributed by atoms with Crippen LogP contribution in [0.15, 0.2) is 12.3 Å². The molecule has 20 heavy (non-hydrogen) atoms. The van der Waals surface area contributed by atoms with Crippen molar-refractivity contribution in [1.29, 1.82) is 0 Å². The average Bonchev–Trinajstić information content (AvgIpc) is 2.37. The summed E-state index contributed by atoms with van der Waals surface area (Å²) in [5.41, 5.74) is 0.544. The Morgan fingerprint density at radius 1 is 1.60 bits per heavy atom. The minimum absolute atomic E-state index is 0.0256. The van der Waals surface area contributed by atoms with E-state index in [0.29, 0.717) is 17.9 Å². The predicted octanol–water partition coefficient (Wildman–Crippen LogP) is 1.99. The molecule has 0 spiro atoms. The molecule has 0 radical (unpaired) electrons. The third-order valence-corrected chi connectivity index (χ3v) is 3.71. The molecule has 0 bridgehead atoms. The lowest BCUT2D eigenvalue weighted by Crippen LogP contribution is -2.50. The van der Waals surface area contributed by atoms with Gasteiger partial charge in [0.05, 0.1) is 4.92 Å². The van der Waals surface area contributed by atoms with Crippen molar-refractivity contribution < 1.29 is 14.8 Å². The maximum Gasteiger partial charge on any atom is 0.326 e. The Hall–Kier alpha value is -2.18. The van der Waals surface area contributed by atoms with Gasteiger partial charge >= 0.3 is 5.97 Å². The lowest BCUT2D eigenvalue weighted by atomic mass is 9.90. The van der Waals surface area contributed by atoms with E-state index in [0.717, 1.165) is 12.8 Å². The number of aromatic nitrogens is 1. The van der Waals surface area contributed by atoms with Crippen molar-refractivity contribution in [3.8, 4) is 0 Å². The van der Waals surface area contributed by atoms with Crippen LogP contribution in [-0.2, 0) is 4.79 Å². The van der Waals surface area contributed by atoms with Crippen LogP contribution in [-0.4, -0.2) is 33.6 Å². The highest BCUT2D eigenvalue weighted by molar-refractivity contribution is 5.79. The van der Waals surface area contributed by atoms with Gasteiger partial charge in [-0.25, -0.2) is 9.78 Å². The molecule has 0 amide bonds. The van der Waals surface area contributed by atoms with E-state index in [1.165, 1.54) is 12.3 Å². The molecule has 0 aromatic carbocycles. The first-order chi connectivity index (χ1) is 9.41. The fraction of sp³-hybridized carbons (Fsp3) is 0.538. The van der Waals surface area contributed by atoms with Crippen molar-refractivity contribution in [1.82, 2.24) is 4.98 Å². The van der Waals surface area contributed by atoms with Crippen molar-refractivity contribution in [2.75, 3.05) is 11.4 Å². The zero-order valence-corrected chi connectivity index (χ0v) is 11.4. The number of pyridine rings is 1. The summed E-state index contributed by atoms with van der Waals surface area (Å²) in [4.78, 5) is 27.5. The summed E-state index contributed by atoms with van der Waals surface area (Å²) in [5.74, 6) is -0.330. The van der Waals surface area contributed by atoms with Crippen LogP contribution in [0.4, 0.5) is 11.5 Å². The van der Waals surface area contributed by atoms with Crippen LogP contribution in [0.5, 0.6) is 0 Å². The zero-order chi connectivity index (χ0) is 14.9. The van der Waals surface area contributed by atoms with Gasteiger partial charge in [-0.05, 0) is 31.2 Å². The Kier molecular flexibility index (Phi) is 3.87. The quantitative estimate of drug-likeness (QED) is 0.671. The normalized spacial score (nSPS) is 22.6. The van der Waals surface area contributed by atoms with E-state index in [1.807, 2.05) is 6.92 Å². The first-order valence-electron chi connectivity index (χ1n) is 6.52. The second kappa shape index (κ2) is 5.44. The van der Waals surface area contributed by atoms with Gasteiger partial charge in [0.15, 0.2) is 0 Å². The summed E-state index contributed by atoms with van der Waals surface area (Å²) >= 11 is 0. The third kappa shape index (κ3) is 2.56. The second-order valence-corrected chi connectivity index (χ2v) is 5.19. The number of nitro groups is 1. The van der Waals surface area contributed by atoms with Gasteiger partial charge in [-0.3, -0.25) is 10.1 Å². The number of carboxylic acid groups (broad SMARTS) is 1. The summed E-state index contributed by atoms with van der Waals surface area (Å²) in [5, 5.41) is 20.1. The molecule has 0 saturated carbocycles. The van der Waals surface area contributed by atoms with Gasteiger partial charge in [-0.15, -0.1) is 0 Å². The minimum atomic E-state index is -0.878. The molecule has 7 nitrogen and oxygen atoms in total. The Balaban J connectivity index is 2.38. The Bertz CT molecular complexity index is 546. The standard InChI is InChI=1S/C13H17N3O4/c1-8-4-3-5-15(11(8)13(17)18)12-9(2)6-10(7-14-12)16(19)20/h6-8,11H,3-5H2,1-2H3,(H,17,18). The topological polar surface area (TPSA) is 96.6 Å². The first-order valence-corrected chi connectivity index (χ1v) is 6.52. The molecule has 1 aliphatic heterocycles. The number of carboxylic acids is 1. The molecular formula is C13H17N3O4. The Labute approximate surface area is 116 Å². The highest BCUT2D eigenvalue weighted by atomic mass is 16.6. The summed E-state index contributed by atoms with van der Waals surface area (Å²) in [6.45, 7) is 4.23. The lowest BCUT2D eigenvalue weighted by Gasteiger charge is -2.38. The molecule has 1 aliphatic rings. The van der Waals surface area contributed by atoms with E-state index in [1.54, 1.807) is 11.8 Å². The van der Waals surface area contributed by atoms with E-state index < -0.39 is 16.9 Å². The largest absolute Gasteiger partial charge is 0.480 e. The minimum Gasteiger partial charge on any atom is -0.480 e. The molecule has 108 valence electrons. The number of anilines is 1. The van der Waals surface area contributed by atoms with E-state index in [9.17, 15) is 20.0 Å². The van der Waals surface area contributed by atoms with Crippen molar-refractivity contribution in [2.45, 2.75) is 32.7 Å². The van der Waals surface area contributed by atoms with Gasteiger partial charge < -0.3 is 10.0 Å². The first kappa shape index (κ1) is 14.2. The molecule has 1 saturated heterocycles. The van der Waals surface area contributed by atoms with Crippen molar-refractivity contribution in [2.24, 2.45) is 5.92 Å². The SMILES string of the molecule is Cc1cc([N+](=O)[O-])cnc1N1CCCC(C)C1C(=O)O. The zero-order valence-electron chi connectivity index (χ0n) is 11.4. The molecule has 1 fully saturated rings. The molecule has 1 aromatic rings. The summed E-state index contributed by atoms with van der Waals surface area (Å²) in [6.07, 6.45) is 2.93. The molecule has 1 N–H and O–H groups in total. The number of piperidine rings is 1. The Morgan fingerprint density at radius 3 is 2.85 bits per heavy atom. The van der Waals surface area contributed by atoms with Gasteiger partial charge in [-0.2, -0.15) is 0 Å². The van der Waals surface area contributed by atoms with Crippen molar-refractivity contribution in [3.05, 3.63) is 27.9 Å². The smallest absolute Gasteiger partial charge is 0.326 e. The molecule has 2 heterocycles. The number of hydrogen-bond acceptors (Lipinski definition) is 5. The Morgan fingerprint density at radius 2 is 2.30 bits per heavy atom. The van der Waals surface area contributed by atoms with Crippen molar-refractivity contribution in [3.63, 3.8) is 0 Å². The fourth-order valence-electron chi connectivity index (χ4n) is 2.76. The number of carbonyl (C=O) groups is 1.